The van der Waals surface area contributed by atoms with Crippen LogP contribution >= 0.6 is 23.5 Å². The minimum absolute atomic E-state index is 0.0191. The molecule has 2 aromatic rings. The Morgan fingerprint density at radius 3 is 2.64 bits per heavy atom. The third-order valence-electron chi connectivity index (χ3n) is 3.11. The summed E-state index contributed by atoms with van der Waals surface area (Å²) in [5.74, 6) is 0.561. The van der Waals surface area contributed by atoms with Crippen LogP contribution in [0.3, 0.4) is 0 Å². The SMILES string of the molecule is N#Cc1ccccc1CSNC(=O)CCc1ccc(Cl)cc1. The van der Waals surface area contributed by atoms with Gasteiger partial charge in [0.1, 0.15) is 0 Å². The number of carbonyl (C=O) groups is 1. The summed E-state index contributed by atoms with van der Waals surface area (Å²) in [6.45, 7) is 0. The first-order valence-corrected chi connectivity index (χ1v) is 8.18. The lowest BCUT2D eigenvalue weighted by Crippen LogP contribution is -2.16. The zero-order chi connectivity index (χ0) is 15.8. The number of halogens is 1. The predicted molar refractivity (Wildman–Crippen MR) is 90.4 cm³/mol. The molecule has 0 saturated heterocycles. The Bertz CT molecular complexity index is 680. The van der Waals surface area contributed by atoms with Crippen molar-refractivity contribution in [2.75, 3.05) is 0 Å². The van der Waals surface area contributed by atoms with Gasteiger partial charge in [-0.1, -0.05) is 41.9 Å². The molecule has 2 rings (SSSR count). The van der Waals surface area contributed by atoms with E-state index in [1.807, 2.05) is 42.5 Å². The number of hydrogen-bond donors (Lipinski definition) is 1. The minimum atomic E-state index is -0.0191. The lowest BCUT2D eigenvalue weighted by atomic mass is 10.1. The summed E-state index contributed by atoms with van der Waals surface area (Å²) in [5.41, 5.74) is 2.65. The maximum atomic E-state index is 11.8. The molecule has 22 heavy (non-hydrogen) atoms. The molecule has 0 heterocycles. The van der Waals surface area contributed by atoms with E-state index in [0.29, 0.717) is 29.2 Å². The molecule has 2 aromatic carbocycles. The van der Waals surface area contributed by atoms with Gasteiger partial charge in [0.05, 0.1) is 11.6 Å². The molecule has 0 unspecified atom stereocenters. The van der Waals surface area contributed by atoms with Crippen LogP contribution in [0.5, 0.6) is 0 Å². The van der Waals surface area contributed by atoms with Gasteiger partial charge in [0.2, 0.25) is 5.91 Å². The fraction of sp³-hybridized carbons (Fsp3) is 0.176. The standard InChI is InChI=1S/C17H15ClN2OS/c18-16-8-5-13(6-9-16)7-10-17(21)20-22-12-15-4-2-1-3-14(15)11-19/h1-6,8-9H,7,10,12H2,(H,20,21). The summed E-state index contributed by atoms with van der Waals surface area (Å²) in [7, 11) is 0. The summed E-state index contributed by atoms with van der Waals surface area (Å²) in [6.07, 6.45) is 1.10. The summed E-state index contributed by atoms with van der Waals surface area (Å²) in [6, 6.07) is 17.0. The first kappa shape index (κ1) is 16.4. The van der Waals surface area contributed by atoms with Gasteiger partial charge in [-0.05, 0) is 47.7 Å². The lowest BCUT2D eigenvalue weighted by molar-refractivity contribution is -0.119. The van der Waals surface area contributed by atoms with Gasteiger partial charge in [0, 0.05) is 17.2 Å². The van der Waals surface area contributed by atoms with Gasteiger partial charge in [-0.2, -0.15) is 5.26 Å². The van der Waals surface area contributed by atoms with Gasteiger partial charge in [0.15, 0.2) is 0 Å². The highest BCUT2D eigenvalue weighted by atomic mass is 35.5. The van der Waals surface area contributed by atoms with Crippen LogP contribution in [0.25, 0.3) is 0 Å². The van der Waals surface area contributed by atoms with Gasteiger partial charge in [0.25, 0.3) is 0 Å². The molecule has 0 aliphatic carbocycles. The lowest BCUT2D eigenvalue weighted by Gasteiger charge is -2.06. The number of benzene rings is 2. The monoisotopic (exact) mass is 330 g/mol. The van der Waals surface area contributed by atoms with Crippen LogP contribution in [-0.4, -0.2) is 5.91 Å². The molecule has 0 bridgehead atoms. The second kappa shape index (κ2) is 8.47. The molecular formula is C17H15ClN2OS. The highest BCUT2D eigenvalue weighted by Crippen LogP contribution is 2.14. The first-order chi connectivity index (χ1) is 10.7. The van der Waals surface area contributed by atoms with Crippen molar-refractivity contribution in [1.82, 2.24) is 4.72 Å². The zero-order valence-electron chi connectivity index (χ0n) is 11.9. The van der Waals surface area contributed by atoms with E-state index in [1.54, 1.807) is 6.07 Å². The second-order valence-corrected chi connectivity index (χ2v) is 5.93. The molecule has 0 fully saturated rings. The van der Waals surface area contributed by atoms with Gasteiger partial charge in [-0.3, -0.25) is 9.52 Å². The van der Waals surface area contributed by atoms with E-state index in [9.17, 15) is 4.79 Å². The number of rotatable bonds is 6. The Morgan fingerprint density at radius 2 is 1.91 bits per heavy atom. The van der Waals surface area contributed by atoms with Crippen LogP contribution in [0, 0.1) is 11.3 Å². The molecule has 0 aliphatic heterocycles. The van der Waals surface area contributed by atoms with E-state index in [0.717, 1.165) is 11.1 Å². The molecule has 112 valence electrons. The Balaban J connectivity index is 1.74. The molecular weight excluding hydrogens is 316 g/mol. The van der Waals surface area contributed by atoms with Crippen molar-refractivity contribution in [2.24, 2.45) is 0 Å². The van der Waals surface area contributed by atoms with Crippen LogP contribution < -0.4 is 4.72 Å². The van der Waals surface area contributed by atoms with Crippen molar-refractivity contribution < 1.29 is 4.79 Å². The highest BCUT2D eigenvalue weighted by molar-refractivity contribution is 7.97. The Labute approximate surface area is 139 Å². The van der Waals surface area contributed by atoms with E-state index in [1.165, 1.54) is 11.9 Å². The Kier molecular flexibility index (Phi) is 6.32. The van der Waals surface area contributed by atoms with Crippen molar-refractivity contribution in [2.45, 2.75) is 18.6 Å². The summed E-state index contributed by atoms with van der Waals surface area (Å²) in [4.78, 5) is 11.8. The third kappa shape index (κ3) is 5.10. The number of nitrogens with one attached hydrogen (secondary N) is 1. The van der Waals surface area contributed by atoms with E-state index >= 15 is 0 Å². The van der Waals surface area contributed by atoms with Crippen molar-refractivity contribution in [3.63, 3.8) is 0 Å². The molecule has 0 radical (unpaired) electrons. The average molecular weight is 331 g/mol. The molecule has 1 amide bonds. The van der Waals surface area contributed by atoms with Crippen LogP contribution in [-0.2, 0) is 17.0 Å². The number of amides is 1. The van der Waals surface area contributed by atoms with Crippen LogP contribution in [0.1, 0.15) is 23.1 Å². The summed E-state index contributed by atoms with van der Waals surface area (Å²) < 4.78 is 2.81. The minimum Gasteiger partial charge on any atom is -0.300 e. The van der Waals surface area contributed by atoms with Gasteiger partial charge >= 0.3 is 0 Å². The van der Waals surface area contributed by atoms with Gasteiger partial charge < -0.3 is 0 Å². The molecule has 1 N–H and O–H groups in total. The highest BCUT2D eigenvalue weighted by Gasteiger charge is 2.05. The number of aryl methyl sites for hydroxylation is 1. The number of nitrogens with zero attached hydrogens (tertiary/aromatic N) is 1. The third-order valence-corrected chi connectivity index (χ3v) is 4.18. The average Bonchev–Trinajstić information content (AvgIpc) is 2.55. The van der Waals surface area contributed by atoms with Crippen molar-refractivity contribution in [3.8, 4) is 6.07 Å². The second-order valence-electron chi connectivity index (χ2n) is 4.71. The zero-order valence-corrected chi connectivity index (χ0v) is 13.5. The number of hydrogen-bond acceptors (Lipinski definition) is 3. The van der Waals surface area contributed by atoms with E-state index in [2.05, 4.69) is 10.8 Å². The van der Waals surface area contributed by atoms with Crippen molar-refractivity contribution in [1.29, 1.82) is 5.26 Å². The van der Waals surface area contributed by atoms with Crippen LogP contribution in [0.4, 0.5) is 0 Å². The summed E-state index contributed by atoms with van der Waals surface area (Å²) in [5, 5.41) is 9.70. The Hall–Kier alpha value is -1.96. The van der Waals surface area contributed by atoms with Crippen LogP contribution in [0.2, 0.25) is 5.02 Å². The van der Waals surface area contributed by atoms with Crippen molar-refractivity contribution in [3.05, 3.63) is 70.2 Å². The molecule has 3 nitrogen and oxygen atoms in total. The number of carbonyl (C=O) groups excluding carboxylic acids is 1. The van der Waals surface area contributed by atoms with E-state index in [4.69, 9.17) is 16.9 Å². The molecule has 0 spiro atoms. The maximum absolute atomic E-state index is 11.8. The Morgan fingerprint density at radius 1 is 1.18 bits per heavy atom. The molecule has 0 saturated carbocycles. The number of nitriles is 1. The quantitative estimate of drug-likeness (QED) is 0.811. The predicted octanol–water partition coefficient (Wildman–Crippen LogP) is 4.11. The molecule has 0 aromatic heterocycles. The maximum Gasteiger partial charge on any atom is 0.230 e. The molecule has 0 atom stereocenters. The fourth-order valence-electron chi connectivity index (χ4n) is 1.91. The van der Waals surface area contributed by atoms with Crippen molar-refractivity contribution >= 4 is 29.5 Å². The normalized spacial score (nSPS) is 10.0. The smallest absolute Gasteiger partial charge is 0.230 e. The van der Waals surface area contributed by atoms with Gasteiger partial charge in [-0.15, -0.1) is 0 Å². The topological polar surface area (TPSA) is 52.9 Å². The molecule has 5 heteroatoms. The van der Waals surface area contributed by atoms with E-state index in [-0.39, 0.29) is 5.91 Å². The first-order valence-electron chi connectivity index (χ1n) is 6.82. The van der Waals surface area contributed by atoms with Gasteiger partial charge in [-0.25, -0.2) is 0 Å². The largest absolute Gasteiger partial charge is 0.300 e. The molecule has 0 aliphatic rings. The fourth-order valence-corrected chi connectivity index (χ4v) is 2.78. The van der Waals surface area contributed by atoms with E-state index < -0.39 is 0 Å². The summed E-state index contributed by atoms with van der Waals surface area (Å²) >= 11 is 7.13. The van der Waals surface area contributed by atoms with Crippen LogP contribution in [0.15, 0.2) is 48.5 Å².